The van der Waals surface area contributed by atoms with Crippen molar-refractivity contribution < 1.29 is 9.76 Å². The summed E-state index contributed by atoms with van der Waals surface area (Å²) >= 11 is 0. The number of aliphatic hydroxyl groups is 1. The fraction of sp³-hybridized carbons (Fsp3) is 0.353. The van der Waals surface area contributed by atoms with Gasteiger partial charge in [-0.15, -0.1) is 0 Å². The minimum Gasteiger partial charge on any atom is -0.427 e. The predicted octanol–water partition coefficient (Wildman–Crippen LogP) is 2.29. The summed E-state index contributed by atoms with van der Waals surface area (Å²) in [7, 11) is 0.480. The lowest BCUT2D eigenvalue weighted by molar-refractivity contribution is -0.0893. The Hall–Kier alpha value is -1.65. The van der Waals surface area contributed by atoms with Crippen LogP contribution in [0.15, 0.2) is 48.8 Å². The molecule has 0 amide bonds. The van der Waals surface area contributed by atoms with Gasteiger partial charge in [-0.1, -0.05) is 29.7 Å². The van der Waals surface area contributed by atoms with Gasteiger partial charge in [0.15, 0.2) is 0 Å². The van der Waals surface area contributed by atoms with Crippen molar-refractivity contribution in [1.29, 1.82) is 0 Å². The largest absolute Gasteiger partial charge is 0.427 e. The van der Waals surface area contributed by atoms with Gasteiger partial charge < -0.3 is 9.76 Å². The highest BCUT2D eigenvalue weighted by Gasteiger charge is 2.35. The highest BCUT2D eigenvalue weighted by atomic mass is 16.5. The minimum atomic E-state index is -0.885. The Morgan fingerprint density at radius 1 is 0.905 bits per heavy atom. The third kappa shape index (κ3) is 3.93. The predicted molar refractivity (Wildman–Crippen MR) is 87.9 cm³/mol. The first-order valence-corrected chi connectivity index (χ1v) is 7.15. The lowest BCUT2D eigenvalue weighted by Gasteiger charge is -2.37. The summed E-state index contributed by atoms with van der Waals surface area (Å²) in [6.07, 6.45) is 3.58. The van der Waals surface area contributed by atoms with Crippen molar-refractivity contribution in [1.82, 2.24) is 4.98 Å². The Morgan fingerprint density at radius 2 is 1.43 bits per heavy atom. The molecule has 0 atom stereocenters. The molecule has 4 heteroatoms. The zero-order valence-electron chi connectivity index (χ0n) is 13.1. The molecule has 0 fully saturated rings. The number of hydrogen-bond acceptors (Lipinski definition) is 3. The molecule has 0 aliphatic heterocycles. The molecule has 1 heterocycles. The maximum Gasteiger partial charge on any atom is 0.309 e. The van der Waals surface area contributed by atoms with E-state index in [1.54, 1.807) is 26.2 Å². The lowest BCUT2D eigenvalue weighted by atomic mass is 9.82. The van der Waals surface area contributed by atoms with E-state index in [0.29, 0.717) is 7.48 Å². The number of pyridine rings is 1. The van der Waals surface area contributed by atoms with Gasteiger partial charge in [-0.3, -0.25) is 4.98 Å². The highest BCUT2D eigenvalue weighted by Crippen LogP contribution is 2.24. The maximum absolute atomic E-state index is 10.1. The molecule has 0 aliphatic carbocycles. The first kappa shape index (κ1) is 15.7. The normalized spacial score (nSPS) is 12.2. The van der Waals surface area contributed by atoms with Crippen LogP contribution in [0.3, 0.4) is 0 Å². The molecule has 0 saturated heterocycles. The summed E-state index contributed by atoms with van der Waals surface area (Å²) in [5, 5.41) is 10.1. The highest BCUT2D eigenvalue weighted by molar-refractivity contribution is 6.47. The Balaban J connectivity index is 2.04. The van der Waals surface area contributed by atoms with Crippen molar-refractivity contribution >= 4 is 12.9 Å². The van der Waals surface area contributed by atoms with Crippen LogP contribution in [0.4, 0.5) is 0 Å². The number of nitrogens with zero attached hydrogens (tertiary/aromatic N) is 1. The average Bonchev–Trinajstić information content (AvgIpc) is 2.45. The van der Waals surface area contributed by atoms with Gasteiger partial charge in [0.2, 0.25) is 0 Å². The second kappa shape index (κ2) is 6.00. The van der Waals surface area contributed by atoms with Crippen molar-refractivity contribution in [3.63, 3.8) is 0 Å². The smallest absolute Gasteiger partial charge is 0.309 e. The number of benzene rings is 1. The average molecular weight is 283 g/mol. The Labute approximate surface area is 127 Å². The molecule has 1 aromatic carbocycles. The van der Waals surface area contributed by atoms with Crippen LogP contribution >= 0.6 is 0 Å². The van der Waals surface area contributed by atoms with Gasteiger partial charge in [0.05, 0.1) is 11.2 Å². The lowest BCUT2D eigenvalue weighted by Crippen LogP contribution is -2.49. The fourth-order valence-corrected chi connectivity index (χ4v) is 1.78. The van der Waals surface area contributed by atoms with Gasteiger partial charge in [-0.2, -0.15) is 0 Å². The third-order valence-electron chi connectivity index (χ3n) is 4.04. The SMILES string of the molecule is CC(C)(O)C(C)(C)OBc1ccc(-c2ccncc2)cc1. The van der Waals surface area contributed by atoms with E-state index in [1.807, 2.05) is 26.0 Å². The van der Waals surface area contributed by atoms with E-state index in [-0.39, 0.29) is 0 Å². The number of hydrogen-bond donors (Lipinski definition) is 1. The topological polar surface area (TPSA) is 42.4 Å². The number of rotatable bonds is 5. The van der Waals surface area contributed by atoms with Crippen LogP contribution in [-0.2, 0) is 4.65 Å². The first-order valence-electron chi connectivity index (χ1n) is 7.15. The molecule has 1 N–H and O–H groups in total. The zero-order valence-corrected chi connectivity index (χ0v) is 13.1. The molecule has 2 rings (SSSR count). The molecule has 1 aromatic heterocycles. The fourth-order valence-electron chi connectivity index (χ4n) is 1.78. The molecule has 21 heavy (non-hydrogen) atoms. The Bertz CT molecular complexity index is 574. The van der Waals surface area contributed by atoms with Crippen LogP contribution in [0, 0.1) is 0 Å². The Morgan fingerprint density at radius 3 is 1.95 bits per heavy atom. The van der Waals surface area contributed by atoms with Crippen LogP contribution in [-0.4, -0.2) is 28.8 Å². The van der Waals surface area contributed by atoms with Crippen molar-refractivity contribution in [2.45, 2.75) is 38.9 Å². The van der Waals surface area contributed by atoms with E-state index in [1.165, 1.54) is 0 Å². The summed E-state index contributed by atoms with van der Waals surface area (Å²) < 4.78 is 5.87. The second-order valence-electron chi connectivity index (χ2n) is 6.29. The summed E-state index contributed by atoms with van der Waals surface area (Å²) in [6.45, 7) is 7.33. The van der Waals surface area contributed by atoms with E-state index in [4.69, 9.17) is 4.65 Å². The quantitative estimate of drug-likeness (QED) is 0.856. The van der Waals surface area contributed by atoms with Gasteiger partial charge >= 0.3 is 7.48 Å². The molecule has 0 spiro atoms. The van der Waals surface area contributed by atoms with E-state index < -0.39 is 11.2 Å². The minimum absolute atomic E-state index is 0.480. The molecule has 110 valence electrons. The number of aromatic nitrogens is 1. The van der Waals surface area contributed by atoms with Crippen molar-refractivity contribution in [3.8, 4) is 11.1 Å². The van der Waals surface area contributed by atoms with Crippen LogP contribution in [0.1, 0.15) is 27.7 Å². The van der Waals surface area contributed by atoms with E-state index in [0.717, 1.165) is 16.6 Å². The van der Waals surface area contributed by atoms with Gasteiger partial charge in [0, 0.05) is 12.4 Å². The van der Waals surface area contributed by atoms with Crippen molar-refractivity contribution in [2.24, 2.45) is 0 Å². The van der Waals surface area contributed by atoms with Crippen LogP contribution < -0.4 is 5.46 Å². The van der Waals surface area contributed by atoms with Crippen LogP contribution in [0.25, 0.3) is 11.1 Å². The molecule has 0 unspecified atom stereocenters. The summed E-state index contributed by atoms with van der Waals surface area (Å²) in [4.78, 5) is 4.02. The van der Waals surface area contributed by atoms with Crippen LogP contribution in [0.2, 0.25) is 0 Å². The molecule has 0 saturated carbocycles. The Kier molecular flexibility index (Phi) is 4.50. The molecule has 0 aliphatic rings. The van der Waals surface area contributed by atoms with Crippen molar-refractivity contribution in [3.05, 3.63) is 48.8 Å². The van der Waals surface area contributed by atoms with E-state index in [2.05, 4.69) is 29.2 Å². The first-order chi connectivity index (χ1) is 9.79. The van der Waals surface area contributed by atoms with Gasteiger partial charge in [0.25, 0.3) is 0 Å². The summed E-state index contributed by atoms with van der Waals surface area (Å²) in [5.41, 5.74) is 1.91. The molecule has 0 bridgehead atoms. The van der Waals surface area contributed by atoms with E-state index in [9.17, 15) is 5.11 Å². The van der Waals surface area contributed by atoms with E-state index >= 15 is 0 Å². The van der Waals surface area contributed by atoms with Crippen molar-refractivity contribution in [2.75, 3.05) is 0 Å². The maximum atomic E-state index is 10.1. The zero-order chi connectivity index (χ0) is 15.5. The summed E-state index contributed by atoms with van der Waals surface area (Å²) in [5.74, 6) is 0. The van der Waals surface area contributed by atoms with Crippen LogP contribution in [0.5, 0.6) is 0 Å². The third-order valence-corrected chi connectivity index (χ3v) is 4.04. The standard InChI is InChI=1S/C17H22BNO2/c1-16(2,20)17(3,4)21-18-15-7-5-13(6-8-15)14-9-11-19-12-10-14/h5-12,18,20H,1-4H3. The molecule has 2 aromatic rings. The van der Waals surface area contributed by atoms with Gasteiger partial charge in [-0.25, -0.2) is 0 Å². The summed E-state index contributed by atoms with van der Waals surface area (Å²) in [6, 6.07) is 12.2. The van der Waals surface area contributed by atoms with Gasteiger partial charge in [-0.05, 0) is 51.0 Å². The molecular weight excluding hydrogens is 261 g/mol. The second-order valence-corrected chi connectivity index (χ2v) is 6.29. The molecule has 3 nitrogen and oxygen atoms in total. The van der Waals surface area contributed by atoms with Gasteiger partial charge in [0.1, 0.15) is 0 Å². The molecular formula is C17H22BNO2. The molecule has 0 radical (unpaired) electrons. The monoisotopic (exact) mass is 283 g/mol.